The van der Waals surface area contributed by atoms with Gasteiger partial charge < -0.3 is 10.1 Å². The average molecular weight is 297 g/mol. The smallest absolute Gasteiger partial charge is 0.125 e. The minimum atomic E-state index is 0.555. The third-order valence-electron chi connectivity index (χ3n) is 4.23. The van der Waals surface area contributed by atoms with Crippen molar-refractivity contribution in [3.8, 4) is 5.75 Å². The molecule has 0 atom stereocenters. The highest BCUT2D eigenvalue weighted by Crippen LogP contribution is 2.26. The molecule has 1 N–H and O–H groups in total. The van der Waals surface area contributed by atoms with E-state index in [4.69, 9.17) is 4.74 Å². The first-order chi connectivity index (χ1) is 10.8. The van der Waals surface area contributed by atoms with E-state index in [-0.39, 0.29) is 0 Å². The molecule has 0 spiro atoms. The van der Waals surface area contributed by atoms with Gasteiger partial charge >= 0.3 is 0 Å². The van der Waals surface area contributed by atoms with E-state index in [0.717, 1.165) is 49.6 Å². The number of hydrogen-bond donors (Lipinski definition) is 1. The van der Waals surface area contributed by atoms with Crippen LogP contribution in [0.4, 0.5) is 0 Å². The second-order valence-corrected chi connectivity index (χ2v) is 5.84. The molecule has 1 saturated heterocycles. The summed E-state index contributed by atoms with van der Waals surface area (Å²) in [5.41, 5.74) is 3.43. The van der Waals surface area contributed by atoms with Crippen molar-refractivity contribution in [3.05, 3.63) is 53.1 Å². The van der Waals surface area contributed by atoms with Crippen molar-refractivity contribution in [2.75, 3.05) is 20.2 Å². The van der Waals surface area contributed by atoms with Crippen molar-refractivity contribution in [1.82, 2.24) is 15.3 Å². The molecule has 0 saturated carbocycles. The van der Waals surface area contributed by atoms with Crippen molar-refractivity contribution in [2.24, 2.45) is 0 Å². The highest BCUT2D eigenvalue weighted by molar-refractivity contribution is 5.36. The van der Waals surface area contributed by atoms with Crippen LogP contribution in [0.1, 0.15) is 41.5 Å². The second kappa shape index (κ2) is 6.88. The van der Waals surface area contributed by atoms with E-state index in [2.05, 4.69) is 27.4 Å². The Morgan fingerprint density at radius 2 is 1.95 bits per heavy atom. The Labute approximate surface area is 132 Å². The van der Waals surface area contributed by atoms with Crippen molar-refractivity contribution in [2.45, 2.75) is 32.1 Å². The Morgan fingerprint density at radius 3 is 2.73 bits per heavy atom. The van der Waals surface area contributed by atoms with Crippen molar-refractivity contribution in [3.63, 3.8) is 0 Å². The minimum absolute atomic E-state index is 0.555. The predicted octanol–water partition coefficient (Wildman–Crippen LogP) is 2.85. The lowest BCUT2D eigenvalue weighted by Gasteiger charge is -2.22. The van der Waals surface area contributed by atoms with Gasteiger partial charge in [0.05, 0.1) is 7.11 Å². The van der Waals surface area contributed by atoms with Gasteiger partial charge in [-0.2, -0.15) is 0 Å². The van der Waals surface area contributed by atoms with Crippen LogP contribution in [0.15, 0.2) is 30.3 Å². The van der Waals surface area contributed by atoms with E-state index in [9.17, 15) is 0 Å². The number of aryl methyl sites for hydroxylation is 1. The molecule has 2 aromatic rings. The summed E-state index contributed by atoms with van der Waals surface area (Å²) in [6.07, 6.45) is 3.10. The molecular formula is C18H23N3O. The molecule has 116 valence electrons. The first-order valence-corrected chi connectivity index (χ1v) is 7.93. The number of hydrogen-bond acceptors (Lipinski definition) is 4. The summed E-state index contributed by atoms with van der Waals surface area (Å²) < 4.78 is 5.44. The molecule has 0 radical (unpaired) electrons. The molecule has 4 heteroatoms. The molecule has 1 aromatic heterocycles. The van der Waals surface area contributed by atoms with Crippen LogP contribution in [0.5, 0.6) is 5.75 Å². The quantitative estimate of drug-likeness (QED) is 0.942. The number of nitrogens with one attached hydrogen (secondary N) is 1. The highest BCUT2D eigenvalue weighted by Gasteiger charge is 2.18. The first kappa shape index (κ1) is 15.0. The monoisotopic (exact) mass is 297 g/mol. The maximum atomic E-state index is 5.44. The molecule has 1 aliphatic heterocycles. The van der Waals surface area contributed by atoms with Gasteiger partial charge in [-0.05, 0) is 45.0 Å². The summed E-state index contributed by atoms with van der Waals surface area (Å²) in [7, 11) is 1.71. The van der Waals surface area contributed by atoms with E-state index in [1.54, 1.807) is 7.11 Å². The number of methoxy groups -OCH3 is 1. The number of benzene rings is 1. The third-order valence-corrected chi connectivity index (χ3v) is 4.23. The molecule has 2 heterocycles. The number of para-hydroxylation sites is 1. The number of piperidine rings is 1. The average Bonchev–Trinajstić information content (AvgIpc) is 2.56. The highest BCUT2D eigenvalue weighted by atomic mass is 16.5. The lowest BCUT2D eigenvalue weighted by molar-refractivity contribution is 0.410. The minimum Gasteiger partial charge on any atom is -0.496 e. The van der Waals surface area contributed by atoms with Crippen LogP contribution in [0.3, 0.4) is 0 Å². The van der Waals surface area contributed by atoms with E-state index in [1.807, 2.05) is 25.1 Å². The van der Waals surface area contributed by atoms with E-state index in [0.29, 0.717) is 5.92 Å². The van der Waals surface area contributed by atoms with Crippen LogP contribution in [0, 0.1) is 6.92 Å². The van der Waals surface area contributed by atoms with E-state index in [1.165, 1.54) is 11.3 Å². The standard InChI is InChI=1S/C18H23N3O/c1-13-20-16(11-15-5-3-4-6-18(15)22-2)12-17(21-13)14-7-9-19-10-8-14/h3-6,12,14,19H,7-11H2,1-2H3. The normalized spacial score (nSPS) is 15.7. The lowest BCUT2D eigenvalue weighted by Crippen LogP contribution is -2.27. The van der Waals surface area contributed by atoms with Gasteiger partial charge in [-0.3, -0.25) is 0 Å². The summed E-state index contributed by atoms with van der Waals surface area (Å²) >= 11 is 0. The van der Waals surface area contributed by atoms with Gasteiger partial charge in [-0.1, -0.05) is 18.2 Å². The summed E-state index contributed by atoms with van der Waals surface area (Å²) in [6, 6.07) is 10.3. The van der Waals surface area contributed by atoms with Crippen LogP contribution in [-0.4, -0.2) is 30.2 Å². The van der Waals surface area contributed by atoms with Crippen LogP contribution in [-0.2, 0) is 6.42 Å². The van der Waals surface area contributed by atoms with E-state index >= 15 is 0 Å². The molecule has 0 amide bonds. The molecule has 0 unspecified atom stereocenters. The van der Waals surface area contributed by atoms with Gasteiger partial charge in [-0.15, -0.1) is 0 Å². The van der Waals surface area contributed by atoms with E-state index < -0.39 is 0 Å². The number of aromatic nitrogens is 2. The molecule has 0 bridgehead atoms. The van der Waals surface area contributed by atoms with Crippen LogP contribution in [0.25, 0.3) is 0 Å². The largest absolute Gasteiger partial charge is 0.496 e. The zero-order chi connectivity index (χ0) is 15.4. The number of ether oxygens (including phenoxy) is 1. The van der Waals surface area contributed by atoms with Gasteiger partial charge in [0.1, 0.15) is 11.6 Å². The van der Waals surface area contributed by atoms with Crippen LogP contribution in [0.2, 0.25) is 0 Å². The van der Waals surface area contributed by atoms with Gasteiger partial charge in [0, 0.05) is 29.3 Å². The molecule has 0 aliphatic carbocycles. The molecule has 1 aliphatic rings. The van der Waals surface area contributed by atoms with Crippen molar-refractivity contribution >= 4 is 0 Å². The Hall–Kier alpha value is -1.94. The maximum Gasteiger partial charge on any atom is 0.125 e. The fourth-order valence-corrected chi connectivity index (χ4v) is 3.12. The molecule has 1 fully saturated rings. The number of rotatable bonds is 4. The third kappa shape index (κ3) is 3.45. The van der Waals surface area contributed by atoms with Gasteiger partial charge in [0.15, 0.2) is 0 Å². The molecular weight excluding hydrogens is 274 g/mol. The SMILES string of the molecule is COc1ccccc1Cc1cc(C2CCNCC2)nc(C)n1. The maximum absolute atomic E-state index is 5.44. The summed E-state index contributed by atoms with van der Waals surface area (Å²) in [4.78, 5) is 9.29. The summed E-state index contributed by atoms with van der Waals surface area (Å²) in [5, 5.41) is 3.41. The Bertz CT molecular complexity index is 636. The van der Waals surface area contributed by atoms with Crippen LogP contribution < -0.4 is 10.1 Å². The first-order valence-electron chi connectivity index (χ1n) is 7.93. The lowest BCUT2D eigenvalue weighted by atomic mass is 9.93. The summed E-state index contributed by atoms with van der Waals surface area (Å²) in [6.45, 7) is 4.14. The van der Waals surface area contributed by atoms with Gasteiger partial charge in [0.25, 0.3) is 0 Å². The molecule has 1 aromatic carbocycles. The Balaban J connectivity index is 1.85. The fourth-order valence-electron chi connectivity index (χ4n) is 3.12. The molecule has 3 rings (SSSR count). The second-order valence-electron chi connectivity index (χ2n) is 5.84. The fraction of sp³-hybridized carbons (Fsp3) is 0.444. The number of nitrogens with zero attached hydrogens (tertiary/aromatic N) is 2. The van der Waals surface area contributed by atoms with Crippen LogP contribution >= 0.6 is 0 Å². The van der Waals surface area contributed by atoms with Crippen molar-refractivity contribution in [1.29, 1.82) is 0 Å². The van der Waals surface area contributed by atoms with Crippen molar-refractivity contribution < 1.29 is 4.74 Å². The predicted molar refractivity (Wildman–Crippen MR) is 87.4 cm³/mol. The van der Waals surface area contributed by atoms with Gasteiger partial charge in [-0.25, -0.2) is 9.97 Å². The zero-order valence-electron chi connectivity index (χ0n) is 13.3. The van der Waals surface area contributed by atoms with Gasteiger partial charge in [0.2, 0.25) is 0 Å². The topological polar surface area (TPSA) is 47.0 Å². The Morgan fingerprint density at radius 1 is 1.18 bits per heavy atom. The molecule has 4 nitrogen and oxygen atoms in total. The zero-order valence-corrected chi connectivity index (χ0v) is 13.3. The Kier molecular flexibility index (Phi) is 4.68. The summed E-state index contributed by atoms with van der Waals surface area (Å²) in [5.74, 6) is 2.34. The molecule has 22 heavy (non-hydrogen) atoms.